The van der Waals surface area contributed by atoms with Crippen molar-refractivity contribution in [2.24, 2.45) is 5.92 Å². The van der Waals surface area contributed by atoms with E-state index in [1.54, 1.807) is 12.1 Å². The summed E-state index contributed by atoms with van der Waals surface area (Å²) in [6.45, 7) is 0. The highest BCUT2D eigenvalue weighted by Gasteiger charge is 2.19. The van der Waals surface area contributed by atoms with Crippen LogP contribution in [0.2, 0.25) is 0 Å². The molecule has 3 rings (SSSR count). The maximum Gasteiger partial charge on any atom is 0.294 e. The Morgan fingerprint density at radius 1 is 1.25 bits per heavy atom. The van der Waals surface area contributed by atoms with Crippen molar-refractivity contribution in [2.45, 2.75) is 19.3 Å². The number of carbonyl (C=O) groups excluding carboxylic acids is 2. The third-order valence-electron chi connectivity index (χ3n) is 3.81. The van der Waals surface area contributed by atoms with E-state index >= 15 is 0 Å². The third kappa shape index (κ3) is 3.62. The summed E-state index contributed by atoms with van der Waals surface area (Å²) in [5.74, 6) is -0.990. The molecule has 1 atom stereocenters. The number of aromatic hydroxyl groups is 1. The van der Waals surface area contributed by atoms with Crippen molar-refractivity contribution < 1.29 is 14.7 Å². The molecule has 7 nitrogen and oxygen atoms in total. The minimum Gasteiger partial charge on any atom is -0.504 e. The summed E-state index contributed by atoms with van der Waals surface area (Å²) in [4.78, 5) is 23.9. The smallest absolute Gasteiger partial charge is 0.294 e. The molecule has 0 bridgehead atoms. The molecule has 0 radical (unpaired) electrons. The van der Waals surface area contributed by atoms with Gasteiger partial charge in [-0.1, -0.05) is 30.4 Å². The lowest BCUT2D eigenvalue weighted by atomic mass is 10.1. The maximum atomic E-state index is 12.1. The highest BCUT2D eigenvalue weighted by Crippen LogP contribution is 2.20. The molecule has 2 aromatic rings. The van der Waals surface area contributed by atoms with Crippen LogP contribution in [0, 0.1) is 5.92 Å². The molecule has 1 aliphatic rings. The Kier molecular flexibility index (Phi) is 4.60. The van der Waals surface area contributed by atoms with Gasteiger partial charge in [-0.05, 0) is 30.9 Å². The van der Waals surface area contributed by atoms with Crippen molar-refractivity contribution in [1.29, 1.82) is 0 Å². The Bertz CT molecular complexity index is 767. The van der Waals surface area contributed by atoms with Crippen molar-refractivity contribution in [2.75, 3.05) is 0 Å². The molecule has 1 aromatic heterocycles. The van der Waals surface area contributed by atoms with Gasteiger partial charge in [0.25, 0.3) is 5.91 Å². The van der Waals surface area contributed by atoms with Crippen molar-refractivity contribution >= 4 is 11.8 Å². The summed E-state index contributed by atoms with van der Waals surface area (Å²) in [7, 11) is 0. The first-order valence-electron chi connectivity index (χ1n) is 7.73. The lowest BCUT2D eigenvalue weighted by Gasteiger charge is -2.09. The van der Waals surface area contributed by atoms with E-state index in [1.165, 1.54) is 10.9 Å². The zero-order valence-electron chi connectivity index (χ0n) is 13.0. The number of aromatic nitrogens is 2. The first-order chi connectivity index (χ1) is 11.6. The van der Waals surface area contributed by atoms with Gasteiger partial charge >= 0.3 is 0 Å². The highest BCUT2D eigenvalue weighted by molar-refractivity contribution is 5.95. The largest absolute Gasteiger partial charge is 0.504 e. The summed E-state index contributed by atoms with van der Waals surface area (Å²) in [6.07, 6.45) is 7.65. The van der Waals surface area contributed by atoms with Crippen LogP contribution in [-0.2, 0) is 4.79 Å². The minimum atomic E-state index is -0.669. The molecule has 0 spiro atoms. The molecular weight excluding hydrogens is 308 g/mol. The molecule has 0 aliphatic heterocycles. The normalized spacial score (nSPS) is 16.1. The van der Waals surface area contributed by atoms with Gasteiger partial charge < -0.3 is 5.11 Å². The van der Waals surface area contributed by atoms with Gasteiger partial charge in [-0.3, -0.25) is 20.4 Å². The zero-order valence-corrected chi connectivity index (χ0v) is 13.0. The number of para-hydroxylation sites is 1. The summed E-state index contributed by atoms with van der Waals surface area (Å²) in [5, 5.41) is 13.9. The Morgan fingerprint density at radius 3 is 2.75 bits per heavy atom. The number of benzene rings is 1. The lowest BCUT2D eigenvalue weighted by molar-refractivity contribution is -0.122. The molecule has 0 saturated carbocycles. The van der Waals surface area contributed by atoms with Crippen LogP contribution in [-0.4, -0.2) is 26.7 Å². The van der Waals surface area contributed by atoms with Crippen LogP contribution in [0.25, 0.3) is 5.69 Å². The second-order valence-electron chi connectivity index (χ2n) is 5.62. The number of amides is 2. The first kappa shape index (κ1) is 15.8. The first-order valence-corrected chi connectivity index (χ1v) is 7.73. The SMILES string of the molecule is O=C(CC1C=CCC1)NNC(=O)c1nn(-c2ccccc2)cc1O. The Morgan fingerprint density at radius 2 is 2.04 bits per heavy atom. The second kappa shape index (κ2) is 6.99. The van der Waals surface area contributed by atoms with Gasteiger partial charge in [0.05, 0.1) is 11.9 Å². The van der Waals surface area contributed by atoms with Crippen LogP contribution in [0.15, 0.2) is 48.7 Å². The van der Waals surface area contributed by atoms with Crippen LogP contribution in [0.3, 0.4) is 0 Å². The van der Waals surface area contributed by atoms with E-state index in [-0.39, 0.29) is 23.3 Å². The standard InChI is InChI=1S/C17H18N4O3/c22-14-11-21(13-8-2-1-3-9-13)20-16(14)17(24)19-18-15(23)10-12-6-4-5-7-12/h1-4,6,8-9,11-12,22H,5,7,10H2,(H,18,23)(H,19,24). The van der Waals surface area contributed by atoms with Crippen LogP contribution in [0.4, 0.5) is 0 Å². The van der Waals surface area contributed by atoms with E-state index in [9.17, 15) is 14.7 Å². The van der Waals surface area contributed by atoms with Gasteiger partial charge in [0.1, 0.15) is 0 Å². The Hall–Kier alpha value is -3.09. The monoisotopic (exact) mass is 326 g/mol. The predicted octanol–water partition coefficient (Wildman–Crippen LogP) is 1.70. The lowest BCUT2D eigenvalue weighted by Crippen LogP contribution is -2.42. The Labute approximate surface area is 139 Å². The number of rotatable bonds is 4. The van der Waals surface area contributed by atoms with Crippen LogP contribution >= 0.6 is 0 Å². The summed E-state index contributed by atoms with van der Waals surface area (Å²) in [6, 6.07) is 9.10. The van der Waals surface area contributed by atoms with E-state index in [1.807, 2.05) is 30.4 Å². The number of carbonyl (C=O) groups is 2. The molecular formula is C17H18N4O3. The molecule has 3 N–H and O–H groups in total. The van der Waals surface area contributed by atoms with Gasteiger partial charge in [-0.2, -0.15) is 5.10 Å². The van der Waals surface area contributed by atoms with Crippen LogP contribution in [0.1, 0.15) is 29.8 Å². The van der Waals surface area contributed by atoms with Crippen LogP contribution in [0.5, 0.6) is 5.75 Å². The fraction of sp³-hybridized carbons (Fsp3) is 0.235. The van der Waals surface area contributed by atoms with Crippen molar-refractivity contribution in [3.05, 3.63) is 54.4 Å². The zero-order chi connectivity index (χ0) is 16.9. The summed E-state index contributed by atoms with van der Waals surface area (Å²) >= 11 is 0. The average Bonchev–Trinajstić information content (AvgIpc) is 3.23. The van der Waals surface area contributed by atoms with Crippen LogP contribution < -0.4 is 10.9 Å². The number of nitrogens with zero attached hydrogens (tertiary/aromatic N) is 2. The van der Waals surface area contributed by atoms with Gasteiger partial charge in [0, 0.05) is 6.42 Å². The average molecular weight is 326 g/mol. The topological polar surface area (TPSA) is 96.3 Å². The highest BCUT2D eigenvalue weighted by atomic mass is 16.3. The quantitative estimate of drug-likeness (QED) is 0.588. The maximum absolute atomic E-state index is 12.1. The minimum absolute atomic E-state index is 0.153. The van der Waals surface area contributed by atoms with Crippen molar-refractivity contribution in [3.8, 4) is 11.4 Å². The number of nitrogens with one attached hydrogen (secondary N) is 2. The number of hydrogen-bond donors (Lipinski definition) is 3. The molecule has 7 heteroatoms. The Balaban J connectivity index is 1.60. The number of allylic oxidation sites excluding steroid dienone is 2. The molecule has 1 heterocycles. The molecule has 1 aliphatic carbocycles. The molecule has 24 heavy (non-hydrogen) atoms. The van der Waals surface area contributed by atoms with Gasteiger partial charge in [0.15, 0.2) is 11.4 Å². The van der Waals surface area contributed by atoms with E-state index in [2.05, 4.69) is 16.0 Å². The van der Waals surface area contributed by atoms with E-state index < -0.39 is 5.91 Å². The molecule has 1 unspecified atom stereocenters. The number of hydrogen-bond acceptors (Lipinski definition) is 4. The van der Waals surface area contributed by atoms with E-state index in [0.29, 0.717) is 12.1 Å². The van der Waals surface area contributed by atoms with Gasteiger partial charge in [-0.15, -0.1) is 0 Å². The van der Waals surface area contributed by atoms with E-state index in [4.69, 9.17) is 0 Å². The fourth-order valence-corrected chi connectivity index (χ4v) is 2.58. The summed E-state index contributed by atoms with van der Waals surface area (Å²) < 4.78 is 1.40. The molecule has 2 amide bonds. The molecule has 124 valence electrons. The molecule has 0 saturated heterocycles. The second-order valence-corrected chi connectivity index (χ2v) is 5.62. The van der Waals surface area contributed by atoms with Crippen molar-refractivity contribution in [1.82, 2.24) is 20.6 Å². The molecule has 1 aromatic carbocycles. The molecule has 0 fully saturated rings. The summed E-state index contributed by atoms with van der Waals surface area (Å²) in [5.41, 5.74) is 5.19. The predicted molar refractivity (Wildman–Crippen MR) is 87.3 cm³/mol. The van der Waals surface area contributed by atoms with Crippen molar-refractivity contribution in [3.63, 3.8) is 0 Å². The van der Waals surface area contributed by atoms with Gasteiger partial charge in [0.2, 0.25) is 5.91 Å². The fourth-order valence-electron chi connectivity index (χ4n) is 2.58. The number of hydrazine groups is 1. The third-order valence-corrected chi connectivity index (χ3v) is 3.81. The van der Waals surface area contributed by atoms with E-state index in [0.717, 1.165) is 12.8 Å². The van der Waals surface area contributed by atoms with Gasteiger partial charge in [-0.25, -0.2) is 4.68 Å².